The van der Waals surface area contributed by atoms with Crippen LogP contribution in [0.3, 0.4) is 0 Å². The van der Waals surface area contributed by atoms with Gasteiger partial charge in [0, 0.05) is 40.7 Å². The number of thiazole rings is 1. The SMILES string of the molecule is COc1cc(OC)cc(C(=O)Nc2nc(CC(=O)NCCc3c[nH]c4ccccc34)cs2)c1. The highest BCUT2D eigenvalue weighted by molar-refractivity contribution is 7.14. The van der Waals surface area contributed by atoms with E-state index in [4.69, 9.17) is 9.47 Å². The van der Waals surface area contributed by atoms with E-state index >= 15 is 0 Å². The molecule has 8 nitrogen and oxygen atoms in total. The Hall–Kier alpha value is -3.85. The molecule has 4 aromatic rings. The maximum atomic E-state index is 12.6. The first-order valence-electron chi connectivity index (χ1n) is 10.4. The van der Waals surface area contributed by atoms with E-state index in [1.54, 1.807) is 23.6 Å². The zero-order valence-electron chi connectivity index (χ0n) is 18.3. The third-order valence-corrected chi connectivity index (χ3v) is 5.93. The number of nitrogens with one attached hydrogen (secondary N) is 3. The number of aromatic nitrogens is 2. The van der Waals surface area contributed by atoms with Crippen molar-refractivity contribution in [3.8, 4) is 11.5 Å². The largest absolute Gasteiger partial charge is 0.497 e. The highest BCUT2D eigenvalue weighted by atomic mass is 32.1. The number of carbonyl (C=O) groups is 2. The summed E-state index contributed by atoms with van der Waals surface area (Å²) in [7, 11) is 3.05. The van der Waals surface area contributed by atoms with Crippen LogP contribution in [0.5, 0.6) is 11.5 Å². The first-order chi connectivity index (χ1) is 16.1. The van der Waals surface area contributed by atoms with Crippen molar-refractivity contribution in [1.29, 1.82) is 0 Å². The standard InChI is InChI=1S/C24H24N4O4S/c1-31-18-9-16(10-19(12-18)32-2)23(30)28-24-27-17(14-33-24)11-22(29)25-8-7-15-13-26-21-6-4-3-5-20(15)21/h3-6,9-10,12-14,26H,7-8,11H2,1-2H3,(H,25,29)(H,27,28,30). The molecule has 0 spiro atoms. The fourth-order valence-corrected chi connectivity index (χ4v) is 4.16. The molecule has 0 saturated carbocycles. The fourth-order valence-electron chi connectivity index (χ4n) is 3.46. The lowest BCUT2D eigenvalue weighted by Crippen LogP contribution is -2.27. The minimum absolute atomic E-state index is 0.115. The topological polar surface area (TPSA) is 105 Å². The molecule has 9 heteroatoms. The average molecular weight is 465 g/mol. The molecule has 33 heavy (non-hydrogen) atoms. The summed E-state index contributed by atoms with van der Waals surface area (Å²) in [5, 5.41) is 9.04. The Bertz CT molecular complexity index is 1260. The van der Waals surface area contributed by atoms with Gasteiger partial charge in [0.2, 0.25) is 5.91 Å². The second kappa shape index (κ2) is 10.2. The van der Waals surface area contributed by atoms with Crippen molar-refractivity contribution in [3.63, 3.8) is 0 Å². The lowest BCUT2D eigenvalue weighted by Gasteiger charge is -2.08. The van der Waals surface area contributed by atoms with Crippen molar-refractivity contribution in [2.75, 3.05) is 26.1 Å². The number of hydrogen-bond donors (Lipinski definition) is 3. The predicted octanol–water partition coefficient (Wildman–Crippen LogP) is 3.80. The zero-order chi connectivity index (χ0) is 23.2. The van der Waals surface area contributed by atoms with Crippen LogP contribution in [0.1, 0.15) is 21.6 Å². The van der Waals surface area contributed by atoms with Gasteiger partial charge in [-0.3, -0.25) is 14.9 Å². The van der Waals surface area contributed by atoms with Gasteiger partial charge in [0.1, 0.15) is 11.5 Å². The van der Waals surface area contributed by atoms with Gasteiger partial charge in [-0.2, -0.15) is 0 Å². The van der Waals surface area contributed by atoms with Crippen LogP contribution in [0.2, 0.25) is 0 Å². The average Bonchev–Trinajstić information content (AvgIpc) is 3.45. The normalized spacial score (nSPS) is 10.7. The Morgan fingerprint density at radius 2 is 1.85 bits per heavy atom. The minimum Gasteiger partial charge on any atom is -0.497 e. The number of ether oxygens (including phenoxy) is 2. The molecular weight excluding hydrogens is 440 g/mol. The van der Waals surface area contributed by atoms with Crippen molar-refractivity contribution in [3.05, 3.63) is 70.9 Å². The van der Waals surface area contributed by atoms with Gasteiger partial charge in [-0.25, -0.2) is 4.98 Å². The van der Waals surface area contributed by atoms with Gasteiger partial charge in [0.25, 0.3) is 5.91 Å². The molecule has 0 aliphatic carbocycles. The molecule has 2 amide bonds. The highest BCUT2D eigenvalue weighted by Gasteiger charge is 2.14. The van der Waals surface area contributed by atoms with Gasteiger partial charge in [-0.1, -0.05) is 18.2 Å². The Labute approximate surface area is 195 Å². The summed E-state index contributed by atoms with van der Waals surface area (Å²) in [6.45, 7) is 0.534. The van der Waals surface area contributed by atoms with Crippen LogP contribution in [0.15, 0.2) is 54.0 Å². The van der Waals surface area contributed by atoms with Crippen molar-refractivity contribution in [1.82, 2.24) is 15.3 Å². The van der Waals surface area contributed by atoms with E-state index in [0.717, 1.165) is 11.9 Å². The molecule has 0 radical (unpaired) electrons. The van der Waals surface area contributed by atoms with Gasteiger partial charge in [0.05, 0.1) is 26.3 Å². The smallest absolute Gasteiger partial charge is 0.257 e. The van der Waals surface area contributed by atoms with Crippen molar-refractivity contribution >= 4 is 39.2 Å². The number of amides is 2. The minimum atomic E-state index is -0.337. The molecule has 4 rings (SSSR count). The van der Waals surface area contributed by atoms with Crippen LogP contribution >= 0.6 is 11.3 Å². The molecule has 0 unspecified atom stereocenters. The number of nitrogens with zero attached hydrogens (tertiary/aromatic N) is 1. The Balaban J connectivity index is 1.29. The van der Waals surface area contributed by atoms with Crippen LogP contribution in [0.4, 0.5) is 5.13 Å². The van der Waals surface area contributed by atoms with Gasteiger partial charge >= 0.3 is 0 Å². The van der Waals surface area contributed by atoms with Gasteiger partial charge in [-0.15, -0.1) is 11.3 Å². The number of para-hydroxylation sites is 1. The molecule has 170 valence electrons. The van der Waals surface area contributed by atoms with E-state index in [0.29, 0.717) is 34.4 Å². The van der Waals surface area contributed by atoms with Crippen LogP contribution in [0, 0.1) is 0 Å². The Kier molecular flexibility index (Phi) is 6.89. The molecule has 0 aliphatic heterocycles. The van der Waals surface area contributed by atoms with Crippen molar-refractivity contribution in [2.24, 2.45) is 0 Å². The summed E-state index contributed by atoms with van der Waals surface area (Å²) < 4.78 is 10.4. The molecular formula is C24H24N4O4S. The second-order valence-corrected chi connectivity index (χ2v) is 8.19. The first-order valence-corrected chi connectivity index (χ1v) is 11.2. The summed E-state index contributed by atoms with van der Waals surface area (Å²) in [5.41, 5.74) is 3.24. The lowest BCUT2D eigenvalue weighted by atomic mass is 10.1. The van der Waals surface area contributed by atoms with E-state index in [2.05, 4.69) is 26.7 Å². The number of aromatic amines is 1. The molecule has 0 atom stereocenters. The van der Waals surface area contributed by atoms with Gasteiger partial charge in [0.15, 0.2) is 5.13 Å². The number of rotatable bonds is 9. The van der Waals surface area contributed by atoms with E-state index in [1.165, 1.54) is 36.5 Å². The van der Waals surface area contributed by atoms with E-state index in [9.17, 15) is 9.59 Å². The number of carbonyl (C=O) groups excluding carboxylic acids is 2. The Morgan fingerprint density at radius 1 is 1.09 bits per heavy atom. The summed E-state index contributed by atoms with van der Waals surface area (Å²) in [4.78, 5) is 32.5. The van der Waals surface area contributed by atoms with E-state index < -0.39 is 0 Å². The second-order valence-electron chi connectivity index (χ2n) is 7.34. The number of fused-ring (bicyclic) bond motifs is 1. The molecule has 0 aliphatic rings. The molecule has 2 aromatic heterocycles. The number of H-pyrrole nitrogens is 1. The summed E-state index contributed by atoms with van der Waals surface area (Å²) in [6, 6.07) is 13.0. The van der Waals surface area contributed by atoms with Crippen molar-refractivity contribution in [2.45, 2.75) is 12.8 Å². The molecule has 0 saturated heterocycles. The number of anilines is 1. The number of hydrogen-bond acceptors (Lipinski definition) is 6. The summed E-state index contributed by atoms with van der Waals surface area (Å²) >= 11 is 1.27. The maximum absolute atomic E-state index is 12.6. The summed E-state index contributed by atoms with van der Waals surface area (Å²) in [5.74, 6) is 0.583. The molecule has 2 heterocycles. The molecule has 0 bridgehead atoms. The summed E-state index contributed by atoms with van der Waals surface area (Å²) in [6.07, 6.45) is 2.86. The highest BCUT2D eigenvalue weighted by Crippen LogP contribution is 2.24. The Morgan fingerprint density at radius 3 is 2.61 bits per heavy atom. The predicted molar refractivity (Wildman–Crippen MR) is 128 cm³/mol. The van der Waals surface area contributed by atoms with Gasteiger partial charge in [-0.05, 0) is 30.2 Å². The quantitative estimate of drug-likeness (QED) is 0.349. The van der Waals surface area contributed by atoms with E-state index in [-0.39, 0.29) is 18.2 Å². The third kappa shape index (κ3) is 5.50. The molecule has 3 N–H and O–H groups in total. The van der Waals surface area contributed by atoms with Crippen molar-refractivity contribution < 1.29 is 19.1 Å². The number of methoxy groups -OCH3 is 2. The van der Waals surface area contributed by atoms with Crippen LogP contribution in [0.25, 0.3) is 10.9 Å². The van der Waals surface area contributed by atoms with E-state index in [1.807, 2.05) is 24.4 Å². The van der Waals surface area contributed by atoms with Crippen LogP contribution in [-0.2, 0) is 17.6 Å². The van der Waals surface area contributed by atoms with Crippen LogP contribution in [-0.4, -0.2) is 42.5 Å². The zero-order valence-corrected chi connectivity index (χ0v) is 19.1. The van der Waals surface area contributed by atoms with Crippen LogP contribution < -0.4 is 20.1 Å². The monoisotopic (exact) mass is 464 g/mol. The first kappa shape index (κ1) is 22.3. The lowest BCUT2D eigenvalue weighted by molar-refractivity contribution is -0.120. The molecule has 2 aromatic carbocycles. The maximum Gasteiger partial charge on any atom is 0.257 e. The number of benzene rings is 2. The fraction of sp³-hybridized carbons (Fsp3) is 0.208. The third-order valence-electron chi connectivity index (χ3n) is 5.12. The van der Waals surface area contributed by atoms with Gasteiger partial charge < -0.3 is 19.8 Å². The molecule has 0 fully saturated rings.